The number of hydrogen-bond acceptors (Lipinski definition) is 7. The Bertz CT molecular complexity index is 1570. The minimum absolute atomic E-state index is 0.0165. The molecule has 5 aromatic rings. The molecule has 39 heavy (non-hydrogen) atoms. The molecule has 0 spiro atoms. The van der Waals surface area contributed by atoms with Crippen LogP contribution in [0.15, 0.2) is 79.0 Å². The van der Waals surface area contributed by atoms with E-state index in [9.17, 15) is 9.18 Å². The van der Waals surface area contributed by atoms with Crippen molar-refractivity contribution in [2.75, 3.05) is 37.9 Å². The first-order chi connectivity index (χ1) is 18.9. The first-order valence-corrected chi connectivity index (χ1v) is 12.4. The molecule has 3 aromatic carbocycles. The second-order valence-electron chi connectivity index (χ2n) is 9.25. The van der Waals surface area contributed by atoms with Crippen molar-refractivity contribution in [1.82, 2.24) is 25.1 Å². The first-order valence-electron chi connectivity index (χ1n) is 12.4. The molecule has 0 atom stereocenters. The summed E-state index contributed by atoms with van der Waals surface area (Å²) < 4.78 is 19.9. The van der Waals surface area contributed by atoms with Crippen molar-refractivity contribution >= 4 is 34.1 Å². The van der Waals surface area contributed by atoms with Gasteiger partial charge in [0.05, 0.1) is 18.1 Å². The van der Waals surface area contributed by atoms with Crippen LogP contribution in [0.1, 0.15) is 5.56 Å². The van der Waals surface area contributed by atoms with Crippen LogP contribution in [-0.2, 0) is 11.2 Å². The van der Waals surface area contributed by atoms with Gasteiger partial charge in [-0.2, -0.15) is 10.1 Å². The largest absolute Gasteiger partial charge is 0.462 e. The van der Waals surface area contributed by atoms with Crippen molar-refractivity contribution in [3.8, 4) is 17.1 Å². The summed E-state index contributed by atoms with van der Waals surface area (Å²) in [5.74, 6) is -0.447. The van der Waals surface area contributed by atoms with Crippen LogP contribution in [0, 0.1) is 5.82 Å². The van der Waals surface area contributed by atoms with Gasteiger partial charge in [0.15, 0.2) is 17.5 Å². The normalized spacial score (nSPS) is 11.1. The lowest BCUT2D eigenvalue weighted by molar-refractivity contribution is -0.115. The van der Waals surface area contributed by atoms with E-state index in [0.29, 0.717) is 30.0 Å². The maximum absolute atomic E-state index is 14.4. The molecular formula is C29H28FN7O2. The molecule has 0 saturated carbocycles. The third-order valence-electron chi connectivity index (χ3n) is 6.00. The average Bonchev–Trinajstić information content (AvgIpc) is 3.33. The van der Waals surface area contributed by atoms with Gasteiger partial charge >= 0.3 is 6.01 Å². The summed E-state index contributed by atoms with van der Waals surface area (Å²) in [6.45, 7) is 1.05. The van der Waals surface area contributed by atoms with E-state index in [-0.39, 0.29) is 24.2 Å². The van der Waals surface area contributed by atoms with Crippen LogP contribution in [0.2, 0.25) is 0 Å². The van der Waals surface area contributed by atoms with Gasteiger partial charge in [-0.05, 0) is 49.0 Å². The van der Waals surface area contributed by atoms with Gasteiger partial charge in [0.25, 0.3) is 0 Å². The van der Waals surface area contributed by atoms with Crippen LogP contribution in [0.5, 0.6) is 6.01 Å². The van der Waals surface area contributed by atoms with Gasteiger partial charge < -0.3 is 20.3 Å². The predicted molar refractivity (Wildman–Crippen MR) is 150 cm³/mol. The molecule has 10 heteroatoms. The minimum Gasteiger partial charge on any atom is -0.462 e. The van der Waals surface area contributed by atoms with Crippen LogP contribution in [-0.4, -0.2) is 58.2 Å². The van der Waals surface area contributed by atoms with Gasteiger partial charge in [0.1, 0.15) is 6.61 Å². The number of carbonyl (C=O) groups is 1. The number of anilines is 3. The molecule has 198 valence electrons. The highest BCUT2D eigenvalue weighted by atomic mass is 19.1. The van der Waals surface area contributed by atoms with Gasteiger partial charge in [-0.25, -0.2) is 9.37 Å². The third-order valence-corrected chi connectivity index (χ3v) is 6.00. The number of benzene rings is 3. The number of likely N-dealkylation sites (N-methyl/N-ethyl adjacent to an activating group) is 1. The topological polar surface area (TPSA) is 108 Å². The Morgan fingerprint density at radius 3 is 2.54 bits per heavy atom. The number of carbonyl (C=O) groups excluding carboxylic acids is 1. The summed E-state index contributed by atoms with van der Waals surface area (Å²) in [4.78, 5) is 22.8. The number of halogens is 1. The standard InChI is InChI=1S/C29H28FN7O2/c1-37(2)14-15-39-29-31-18-24(30)28(34-29)32-22-12-13-25-23(17-22)27(36-35-25)33-26(38)16-19-8-10-21(11-9-19)20-6-4-3-5-7-20/h3-13,17-18H,14-16H2,1-2H3,(H,31,32,34)(H2,33,35,36,38). The molecule has 0 aliphatic rings. The number of nitrogens with one attached hydrogen (secondary N) is 3. The molecule has 0 unspecified atom stereocenters. The molecule has 0 saturated heterocycles. The zero-order valence-electron chi connectivity index (χ0n) is 21.6. The number of rotatable bonds is 10. The number of aromatic amines is 1. The number of H-pyrrole nitrogens is 1. The molecule has 3 N–H and O–H groups in total. The molecule has 0 radical (unpaired) electrons. The van der Waals surface area contributed by atoms with Gasteiger partial charge in [-0.15, -0.1) is 0 Å². The van der Waals surface area contributed by atoms with Crippen molar-refractivity contribution in [2.24, 2.45) is 0 Å². The summed E-state index contributed by atoms with van der Waals surface area (Å²) in [7, 11) is 3.85. The number of aromatic nitrogens is 4. The van der Waals surface area contributed by atoms with Crippen LogP contribution < -0.4 is 15.4 Å². The number of nitrogens with zero attached hydrogens (tertiary/aromatic N) is 4. The summed E-state index contributed by atoms with van der Waals surface area (Å²) >= 11 is 0. The number of fused-ring (bicyclic) bond motifs is 1. The Labute approximate surface area is 225 Å². The molecule has 0 aliphatic heterocycles. The highest BCUT2D eigenvalue weighted by molar-refractivity contribution is 6.01. The van der Waals surface area contributed by atoms with Crippen molar-refractivity contribution in [3.63, 3.8) is 0 Å². The van der Waals surface area contributed by atoms with Gasteiger partial charge in [-0.1, -0.05) is 54.6 Å². The summed E-state index contributed by atoms with van der Waals surface area (Å²) in [5.41, 5.74) is 4.38. The molecule has 2 aromatic heterocycles. The minimum atomic E-state index is -0.617. The van der Waals surface area contributed by atoms with E-state index in [2.05, 4.69) is 30.8 Å². The van der Waals surface area contributed by atoms with Gasteiger partial charge in [-0.3, -0.25) is 9.89 Å². The smallest absolute Gasteiger partial charge is 0.318 e. The fourth-order valence-corrected chi connectivity index (χ4v) is 3.96. The van der Waals surface area contributed by atoms with Crippen LogP contribution >= 0.6 is 0 Å². The van der Waals surface area contributed by atoms with Crippen LogP contribution in [0.4, 0.5) is 21.7 Å². The quantitative estimate of drug-likeness (QED) is 0.235. The third kappa shape index (κ3) is 6.55. The fourth-order valence-electron chi connectivity index (χ4n) is 3.96. The molecule has 9 nitrogen and oxygen atoms in total. The Hall–Kier alpha value is -4.83. The number of amides is 1. The Morgan fingerprint density at radius 1 is 1.00 bits per heavy atom. The fraction of sp³-hybridized carbons (Fsp3) is 0.172. The SMILES string of the molecule is CN(C)CCOc1ncc(F)c(Nc2ccc3[nH]nc(NC(=O)Cc4ccc(-c5ccccc5)cc4)c3c2)n1. The lowest BCUT2D eigenvalue weighted by Crippen LogP contribution is -2.20. The van der Waals surface area contributed by atoms with Gasteiger partial charge in [0, 0.05) is 17.6 Å². The molecule has 2 heterocycles. The Kier molecular flexibility index (Phi) is 7.74. The number of ether oxygens (including phenoxy) is 1. The van der Waals surface area contributed by atoms with Crippen molar-refractivity contribution in [2.45, 2.75) is 6.42 Å². The summed E-state index contributed by atoms with van der Waals surface area (Å²) in [6.07, 6.45) is 1.26. The van der Waals surface area contributed by atoms with E-state index in [0.717, 1.165) is 28.4 Å². The van der Waals surface area contributed by atoms with Crippen molar-refractivity contribution in [3.05, 3.63) is 90.4 Å². The first kappa shape index (κ1) is 25.8. The van der Waals surface area contributed by atoms with Crippen molar-refractivity contribution < 1.29 is 13.9 Å². The van der Waals surface area contributed by atoms with E-state index in [1.165, 1.54) is 0 Å². The zero-order valence-corrected chi connectivity index (χ0v) is 21.6. The van der Waals surface area contributed by atoms with Gasteiger partial charge in [0.2, 0.25) is 5.91 Å². The van der Waals surface area contributed by atoms with Crippen LogP contribution in [0.25, 0.3) is 22.0 Å². The van der Waals surface area contributed by atoms with E-state index in [4.69, 9.17) is 4.74 Å². The molecule has 0 fully saturated rings. The van der Waals surface area contributed by atoms with Crippen LogP contribution in [0.3, 0.4) is 0 Å². The molecule has 0 bridgehead atoms. The zero-order chi connectivity index (χ0) is 27.2. The maximum Gasteiger partial charge on any atom is 0.318 e. The molecule has 1 amide bonds. The maximum atomic E-state index is 14.4. The predicted octanol–water partition coefficient (Wildman–Crippen LogP) is 5.02. The lowest BCUT2D eigenvalue weighted by Gasteiger charge is -2.11. The molecular weight excluding hydrogens is 497 g/mol. The second kappa shape index (κ2) is 11.7. The summed E-state index contributed by atoms with van der Waals surface area (Å²) in [5, 5.41) is 13.7. The van der Waals surface area contributed by atoms with E-state index in [1.807, 2.05) is 73.6 Å². The molecule has 0 aliphatic carbocycles. The second-order valence-corrected chi connectivity index (χ2v) is 9.25. The Balaban J connectivity index is 1.26. The number of hydrogen-bond donors (Lipinski definition) is 3. The average molecular weight is 526 g/mol. The Morgan fingerprint density at radius 2 is 1.77 bits per heavy atom. The summed E-state index contributed by atoms with van der Waals surface area (Å²) in [6, 6.07) is 23.4. The molecule has 5 rings (SSSR count). The van der Waals surface area contributed by atoms with E-state index < -0.39 is 5.82 Å². The highest BCUT2D eigenvalue weighted by Crippen LogP contribution is 2.27. The lowest BCUT2D eigenvalue weighted by atomic mass is 10.0. The highest BCUT2D eigenvalue weighted by Gasteiger charge is 2.13. The van der Waals surface area contributed by atoms with Crippen molar-refractivity contribution in [1.29, 1.82) is 0 Å². The monoisotopic (exact) mass is 525 g/mol. The van der Waals surface area contributed by atoms with E-state index >= 15 is 0 Å². The van der Waals surface area contributed by atoms with E-state index in [1.54, 1.807) is 18.2 Å².